The number of hydrogen-bond acceptors (Lipinski definition) is 0. The second-order valence-electron chi connectivity index (χ2n) is 15.5. The molecular weight excluding hydrogens is 617 g/mol. The molecule has 2 nitrogen and oxygen atoms in total. The van der Waals surface area contributed by atoms with E-state index in [2.05, 4.69) is 88.4 Å². The van der Waals surface area contributed by atoms with E-state index in [1.807, 2.05) is 0 Å². The van der Waals surface area contributed by atoms with Gasteiger partial charge in [-0.05, 0) is 86.8 Å². The molecule has 2 aromatic carbocycles. The largest absolute Gasteiger partial charge is 0.493 e. The summed E-state index contributed by atoms with van der Waals surface area (Å²) in [5, 5.41) is 0. The third-order valence-corrected chi connectivity index (χ3v) is 10.9. The highest BCUT2D eigenvalue weighted by molar-refractivity contribution is 5.84. The van der Waals surface area contributed by atoms with Crippen LogP contribution in [0.5, 0.6) is 0 Å². The summed E-state index contributed by atoms with van der Waals surface area (Å²) in [4.78, 5) is 0. The van der Waals surface area contributed by atoms with Gasteiger partial charge in [-0.25, -0.2) is 4.70 Å². The molecule has 0 amide bonds. The molecular formula is C49H76N2. The highest BCUT2D eigenvalue weighted by atomic mass is 15.2. The Morgan fingerprint density at radius 2 is 0.824 bits per heavy atom. The Bertz CT molecular complexity index is 1310. The van der Waals surface area contributed by atoms with Crippen molar-refractivity contribution in [2.24, 2.45) is 0 Å². The van der Waals surface area contributed by atoms with Gasteiger partial charge in [-0.1, -0.05) is 186 Å². The summed E-state index contributed by atoms with van der Waals surface area (Å²) in [6.45, 7) is 9.14. The lowest BCUT2D eigenvalue weighted by Gasteiger charge is -2.11. The van der Waals surface area contributed by atoms with Crippen LogP contribution < -0.4 is 0 Å². The van der Waals surface area contributed by atoms with Crippen molar-refractivity contribution in [2.45, 2.75) is 201 Å². The van der Waals surface area contributed by atoms with Crippen molar-refractivity contribution in [3.63, 3.8) is 0 Å². The Labute approximate surface area is 315 Å². The van der Waals surface area contributed by atoms with Gasteiger partial charge in [0.2, 0.25) is 11.4 Å². The molecule has 0 aromatic heterocycles. The van der Waals surface area contributed by atoms with E-state index in [-0.39, 0.29) is 0 Å². The third-order valence-electron chi connectivity index (χ3n) is 10.9. The van der Waals surface area contributed by atoms with Gasteiger partial charge in [0, 0.05) is 16.7 Å². The van der Waals surface area contributed by atoms with Crippen LogP contribution in [0, 0.1) is 0 Å². The Morgan fingerprint density at radius 3 is 1.27 bits per heavy atom. The first-order valence-electron chi connectivity index (χ1n) is 22.0. The smallest absolute Gasteiger partial charge is 0.215 e. The van der Waals surface area contributed by atoms with Crippen LogP contribution in [0.25, 0.3) is 16.9 Å². The van der Waals surface area contributed by atoms with Gasteiger partial charge in [0.05, 0.1) is 5.57 Å². The van der Waals surface area contributed by atoms with Gasteiger partial charge in [0.25, 0.3) is 0 Å². The van der Waals surface area contributed by atoms with Crippen molar-refractivity contribution in [1.82, 2.24) is 0 Å². The molecule has 3 rings (SSSR count). The fourth-order valence-electron chi connectivity index (χ4n) is 7.64. The van der Waals surface area contributed by atoms with Gasteiger partial charge in [0.1, 0.15) is 0 Å². The molecule has 0 saturated carbocycles. The summed E-state index contributed by atoms with van der Waals surface area (Å²) < 4.78 is 1.54. The van der Waals surface area contributed by atoms with Crippen molar-refractivity contribution in [3.8, 4) is 0 Å². The highest BCUT2D eigenvalue weighted by Gasteiger charge is 2.34. The molecule has 1 aliphatic heterocycles. The number of unbranched alkanes of at least 4 members (excludes halogenated alkanes) is 20. The van der Waals surface area contributed by atoms with E-state index in [1.54, 1.807) is 0 Å². The van der Waals surface area contributed by atoms with Crippen molar-refractivity contribution in [1.29, 1.82) is 0 Å². The molecule has 0 spiro atoms. The number of hydrogen-bond donors (Lipinski definition) is 0. The SMILES string of the molecule is CCCCCCCCCCCC=CC1=C(c2ccc(CCCCCCCC)cc2)[N+](=[N-])C(c2ccc(CCCCCCCC)cc2)=C1CCCC. The zero-order chi connectivity index (χ0) is 36.4. The number of allylic oxidation sites excluding steroid dienone is 4. The fraction of sp³-hybridized carbons (Fsp3) is 0.633. The van der Waals surface area contributed by atoms with Crippen LogP contribution in [0.4, 0.5) is 0 Å². The fourth-order valence-corrected chi connectivity index (χ4v) is 7.64. The standard InChI is InChI=1S/C49H76N2/c1-5-9-13-16-19-20-21-22-23-26-29-33-47-46(32-12-8-4)48(44-38-34-42(35-39-44)30-27-24-17-14-10-6-2)51(50)49(47)45-40-36-43(37-41-45)31-28-25-18-15-11-7-3/h29,33-41H,5-28,30-32H2,1-4H3. The molecule has 282 valence electrons. The Kier molecular flexibility index (Phi) is 22.5. The summed E-state index contributed by atoms with van der Waals surface area (Å²) in [6, 6.07) is 18.2. The van der Waals surface area contributed by atoms with Gasteiger partial charge in [-0.2, -0.15) is 0 Å². The molecule has 0 fully saturated rings. The summed E-state index contributed by atoms with van der Waals surface area (Å²) >= 11 is 0. The highest BCUT2D eigenvalue weighted by Crippen LogP contribution is 2.43. The number of benzene rings is 2. The predicted molar refractivity (Wildman–Crippen MR) is 225 cm³/mol. The average molecular weight is 693 g/mol. The normalized spacial score (nSPS) is 13.5. The maximum atomic E-state index is 12.1. The van der Waals surface area contributed by atoms with Crippen LogP contribution in [0.15, 0.2) is 71.8 Å². The third kappa shape index (κ3) is 15.8. The summed E-state index contributed by atoms with van der Waals surface area (Å²) in [5.41, 5.74) is 21.5. The van der Waals surface area contributed by atoms with E-state index in [9.17, 15) is 5.53 Å². The van der Waals surface area contributed by atoms with Crippen molar-refractivity contribution in [3.05, 3.63) is 99.6 Å². The first kappa shape index (κ1) is 42.7. The molecule has 0 bridgehead atoms. The lowest BCUT2D eigenvalue weighted by Crippen LogP contribution is -2.03. The second kappa shape index (κ2) is 26.9. The first-order chi connectivity index (χ1) is 25.1. The van der Waals surface area contributed by atoms with Crippen LogP contribution >= 0.6 is 0 Å². The van der Waals surface area contributed by atoms with E-state index >= 15 is 0 Å². The predicted octanol–water partition coefficient (Wildman–Crippen LogP) is 16.3. The van der Waals surface area contributed by atoms with Gasteiger partial charge in [-0.15, -0.1) is 0 Å². The monoisotopic (exact) mass is 693 g/mol. The Morgan fingerprint density at radius 1 is 0.431 bits per heavy atom. The van der Waals surface area contributed by atoms with E-state index in [4.69, 9.17) is 0 Å². The molecule has 2 aromatic rings. The van der Waals surface area contributed by atoms with Gasteiger partial charge >= 0.3 is 0 Å². The van der Waals surface area contributed by atoms with Gasteiger partial charge in [-0.3, -0.25) is 0 Å². The Hall–Kier alpha value is -2.74. The van der Waals surface area contributed by atoms with Gasteiger partial charge in [0.15, 0.2) is 0 Å². The quantitative estimate of drug-likeness (QED) is 0.0575. The van der Waals surface area contributed by atoms with E-state index in [0.29, 0.717) is 0 Å². The number of rotatable bonds is 30. The van der Waals surface area contributed by atoms with Gasteiger partial charge < -0.3 is 5.53 Å². The molecule has 0 aliphatic carbocycles. The van der Waals surface area contributed by atoms with E-state index in [0.717, 1.165) is 61.0 Å². The maximum Gasteiger partial charge on any atom is 0.215 e. The Balaban J connectivity index is 1.78. The summed E-state index contributed by atoms with van der Waals surface area (Å²) in [5.74, 6) is 0. The number of aryl methyl sites for hydroxylation is 2. The zero-order valence-corrected chi connectivity index (χ0v) is 33.8. The summed E-state index contributed by atoms with van der Waals surface area (Å²) in [7, 11) is 0. The number of nitrogens with zero attached hydrogens (tertiary/aromatic N) is 2. The average Bonchev–Trinajstić information content (AvgIpc) is 3.43. The van der Waals surface area contributed by atoms with Crippen molar-refractivity contribution < 1.29 is 4.70 Å². The summed E-state index contributed by atoms with van der Waals surface area (Å²) in [6.07, 6.45) is 39.4. The topological polar surface area (TPSA) is 25.3 Å². The van der Waals surface area contributed by atoms with Crippen molar-refractivity contribution in [2.75, 3.05) is 0 Å². The molecule has 51 heavy (non-hydrogen) atoms. The molecule has 0 radical (unpaired) electrons. The minimum absolute atomic E-state index is 0.946. The maximum absolute atomic E-state index is 12.1. The molecule has 0 unspecified atom stereocenters. The van der Waals surface area contributed by atoms with Crippen LogP contribution in [0.3, 0.4) is 0 Å². The lowest BCUT2D eigenvalue weighted by molar-refractivity contribution is -0.345. The minimum Gasteiger partial charge on any atom is -0.493 e. The first-order valence-corrected chi connectivity index (χ1v) is 22.0. The van der Waals surface area contributed by atoms with E-state index in [1.165, 1.54) is 162 Å². The van der Waals surface area contributed by atoms with E-state index < -0.39 is 0 Å². The molecule has 1 aliphatic rings. The van der Waals surface area contributed by atoms with Crippen molar-refractivity contribution >= 4 is 11.4 Å². The zero-order valence-electron chi connectivity index (χ0n) is 33.8. The molecule has 2 heteroatoms. The van der Waals surface area contributed by atoms with Crippen LogP contribution in [-0.4, -0.2) is 4.70 Å². The van der Waals surface area contributed by atoms with Crippen LogP contribution in [0.2, 0.25) is 0 Å². The molecule has 0 saturated heterocycles. The second-order valence-corrected chi connectivity index (χ2v) is 15.5. The minimum atomic E-state index is 0.946. The lowest BCUT2D eigenvalue weighted by atomic mass is 9.94. The molecule has 1 heterocycles. The molecule has 0 N–H and O–H groups in total. The van der Waals surface area contributed by atoms with Crippen LogP contribution in [0.1, 0.15) is 210 Å². The molecule has 0 atom stereocenters. The van der Waals surface area contributed by atoms with Crippen LogP contribution in [-0.2, 0) is 12.8 Å².